The van der Waals surface area contributed by atoms with Crippen molar-refractivity contribution in [2.75, 3.05) is 19.6 Å². The van der Waals surface area contributed by atoms with E-state index in [1.54, 1.807) is 16.8 Å². The number of halogens is 1. The maximum absolute atomic E-state index is 13.2. The van der Waals surface area contributed by atoms with Crippen molar-refractivity contribution in [1.82, 2.24) is 20.0 Å². The number of benzene rings is 1. The van der Waals surface area contributed by atoms with E-state index in [2.05, 4.69) is 17.3 Å². The maximum Gasteiger partial charge on any atom is 0.272 e. The summed E-state index contributed by atoms with van der Waals surface area (Å²) in [6.45, 7) is 4.09. The van der Waals surface area contributed by atoms with Gasteiger partial charge in [-0.25, -0.2) is 9.07 Å². The Labute approximate surface area is 170 Å². The molecule has 1 aliphatic heterocycles. The van der Waals surface area contributed by atoms with Gasteiger partial charge in [0.05, 0.1) is 5.69 Å². The van der Waals surface area contributed by atoms with E-state index in [9.17, 15) is 14.0 Å². The van der Waals surface area contributed by atoms with Crippen LogP contribution < -0.4 is 5.32 Å². The fraction of sp³-hybridized carbons (Fsp3) is 0.500. The molecule has 4 rings (SSSR count). The molecule has 2 heterocycles. The summed E-state index contributed by atoms with van der Waals surface area (Å²) in [6, 6.07) is 6.12. The lowest BCUT2D eigenvalue weighted by Gasteiger charge is -2.31. The zero-order valence-electron chi connectivity index (χ0n) is 16.8. The van der Waals surface area contributed by atoms with Gasteiger partial charge < -0.3 is 10.2 Å². The van der Waals surface area contributed by atoms with Gasteiger partial charge in [0.2, 0.25) is 5.91 Å². The van der Waals surface area contributed by atoms with Crippen LogP contribution in [0.15, 0.2) is 24.3 Å². The molecule has 1 aliphatic carbocycles. The minimum Gasteiger partial charge on any atom is -0.350 e. The van der Waals surface area contributed by atoms with Crippen LogP contribution in [-0.4, -0.2) is 46.1 Å². The largest absolute Gasteiger partial charge is 0.350 e. The van der Waals surface area contributed by atoms with Gasteiger partial charge in [-0.15, -0.1) is 0 Å². The van der Waals surface area contributed by atoms with Crippen LogP contribution in [-0.2, 0) is 17.6 Å². The Morgan fingerprint density at radius 3 is 2.76 bits per heavy atom. The molecule has 0 radical (unpaired) electrons. The molecule has 1 unspecified atom stereocenters. The van der Waals surface area contributed by atoms with Crippen molar-refractivity contribution < 1.29 is 14.0 Å². The van der Waals surface area contributed by atoms with Crippen LogP contribution in [0.1, 0.15) is 54.4 Å². The Kier molecular flexibility index (Phi) is 5.65. The molecule has 154 valence electrons. The summed E-state index contributed by atoms with van der Waals surface area (Å²) in [4.78, 5) is 27.0. The number of nitrogens with one attached hydrogen (secondary N) is 1. The van der Waals surface area contributed by atoms with E-state index in [4.69, 9.17) is 0 Å². The first-order valence-electron chi connectivity index (χ1n) is 10.5. The van der Waals surface area contributed by atoms with Gasteiger partial charge in [0.15, 0.2) is 5.69 Å². The molecule has 1 atom stereocenters. The highest BCUT2D eigenvalue weighted by Gasteiger charge is 2.27. The Morgan fingerprint density at radius 1 is 1.21 bits per heavy atom. The summed E-state index contributed by atoms with van der Waals surface area (Å²) < 4.78 is 15.0. The van der Waals surface area contributed by atoms with Crippen molar-refractivity contribution >= 4 is 11.8 Å². The standard InChI is InChI=1S/C22H27FN4O2/c1-15-4-3-13-26(14-15)20(28)11-12-24-22(29)21-18-5-2-6-19(18)27(25-21)17-9-7-16(23)8-10-17/h7-10,15H,2-6,11-14H2,1H3,(H,24,29). The van der Waals surface area contributed by atoms with Crippen LogP contribution in [0.5, 0.6) is 0 Å². The highest BCUT2D eigenvalue weighted by Crippen LogP contribution is 2.28. The predicted octanol–water partition coefficient (Wildman–Crippen LogP) is 2.88. The number of aromatic nitrogens is 2. The molecule has 0 spiro atoms. The molecule has 1 fully saturated rings. The molecule has 2 aromatic rings. The van der Waals surface area contributed by atoms with Gasteiger partial charge >= 0.3 is 0 Å². The summed E-state index contributed by atoms with van der Waals surface area (Å²) in [5.74, 6) is 0.0892. The third-order valence-electron chi connectivity index (χ3n) is 5.85. The predicted molar refractivity (Wildman–Crippen MR) is 107 cm³/mol. The number of carbonyl (C=O) groups excluding carboxylic acids is 2. The van der Waals surface area contributed by atoms with Crippen LogP contribution in [0.4, 0.5) is 4.39 Å². The number of hydrogen-bond donors (Lipinski definition) is 1. The zero-order chi connectivity index (χ0) is 20.4. The summed E-state index contributed by atoms with van der Waals surface area (Å²) in [5, 5.41) is 7.38. The van der Waals surface area contributed by atoms with Crippen LogP contribution >= 0.6 is 0 Å². The number of piperidine rings is 1. The summed E-state index contributed by atoms with van der Waals surface area (Å²) >= 11 is 0. The normalized spacial score (nSPS) is 18.6. The molecule has 2 amide bonds. The molecule has 2 aliphatic rings. The number of nitrogens with zero attached hydrogens (tertiary/aromatic N) is 3. The second-order valence-corrected chi connectivity index (χ2v) is 8.11. The lowest BCUT2D eigenvalue weighted by atomic mass is 10.00. The first kappa shape index (κ1) is 19.6. The molecule has 29 heavy (non-hydrogen) atoms. The molecule has 0 bridgehead atoms. The Bertz CT molecular complexity index is 906. The Balaban J connectivity index is 1.41. The Hall–Kier alpha value is -2.70. The molecule has 1 aromatic heterocycles. The van der Waals surface area contributed by atoms with Gasteiger partial charge in [-0.1, -0.05) is 6.92 Å². The molecule has 1 N–H and O–H groups in total. The second kappa shape index (κ2) is 8.35. The van der Waals surface area contributed by atoms with Gasteiger partial charge in [0.1, 0.15) is 5.82 Å². The first-order valence-corrected chi connectivity index (χ1v) is 10.5. The van der Waals surface area contributed by atoms with E-state index in [-0.39, 0.29) is 17.6 Å². The highest BCUT2D eigenvalue weighted by molar-refractivity contribution is 5.94. The molecular formula is C22H27FN4O2. The number of rotatable bonds is 5. The fourth-order valence-corrected chi connectivity index (χ4v) is 4.36. The molecule has 7 heteroatoms. The van der Waals surface area contributed by atoms with Crippen LogP contribution in [0.2, 0.25) is 0 Å². The maximum atomic E-state index is 13.2. The average molecular weight is 398 g/mol. The third kappa shape index (κ3) is 4.18. The Morgan fingerprint density at radius 2 is 2.00 bits per heavy atom. The van der Waals surface area contributed by atoms with E-state index in [1.807, 2.05) is 4.90 Å². The van der Waals surface area contributed by atoms with Gasteiger partial charge in [0.25, 0.3) is 5.91 Å². The van der Waals surface area contributed by atoms with Crippen molar-refractivity contribution in [3.05, 3.63) is 47.0 Å². The van der Waals surface area contributed by atoms with E-state index < -0.39 is 0 Å². The topological polar surface area (TPSA) is 67.2 Å². The van der Waals surface area contributed by atoms with Crippen molar-refractivity contribution in [3.8, 4) is 5.69 Å². The molecule has 6 nitrogen and oxygen atoms in total. The SMILES string of the molecule is CC1CCCN(C(=O)CCNC(=O)c2nn(-c3ccc(F)cc3)c3c2CCC3)C1. The van der Waals surface area contributed by atoms with Gasteiger partial charge in [0, 0.05) is 37.3 Å². The zero-order valence-corrected chi connectivity index (χ0v) is 16.8. The van der Waals surface area contributed by atoms with Gasteiger partial charge in [-0.05, 0) is 62.3 Å². The van der Waals surface area contributed by atoms with E-state index in [0.29, 0.717) is 24.6 Å². The number of fused-ring (bicyclic) bond motifs is 1. The van der Waals surface area contributed by atoms with Crippen LogP contribution in [0, 0.1) is 11.7 Å². The minimum absolute atomic E-state index is 0.0962. The lowest BCUT2D eigenvalue weighted by Crippen LogP contribution is -2.40. The monoisotopic (exact) mass is 398 g/mol. The second-order valence-electron chi connectivity index (χ2n) is 8.11. The van der Waals surface area contributed by atoms with Crippen LogP contribution in [0.25, 0.3) is 5.69 Å². The number of carbonyl (C=O) groups is 2. The molecule has 1 saturated heterocycles. The minimum atomic E-state index is -0.303. The van der Waals surface area contributed by atoms with Gasteiger partial charge in [-0.3, -0.25) is 9.59 Å². The van der Waals surface area contributed by atoms with Crippen molar-refractivity contribution in [2.24, 2.45) is 5.92 Å². The molecular weight excluding hydrogens is 371 g/mol. The summed E-state index contributed by atoms with van der Waals surface area (Å²) in [5.41, 5.74) is 3.14. The fourth-order valence-electron chi connectivity index (χ4n) is 4.36. The van der Waals surface area contributed by atoms with E-state index in [1.165, 1.54) is 18.6 Å². The van der Waals surface area contributed by atoms with Crippen molar-refractivity contribution in [1.29, 1.82) is 0 Å². The van der Waals surface area contributed by atoms with E-state index >= 15 is 0 Å². The number of amides is 2. The summed E-state index contributed by atoms with van der Waals surface area (Å²) in [7, 11) is 0. The highest BCUT2D eigenvalue weighted by atomic mass is 19.1. The lowest BCUT2D eigenvalue weighted by molar-refractivity contribution is -0.132. The smallest absolute Gasteiger partial charge is 0.272 e. The number of likely N-dealkylation sites (tertiary alicyclic amines) is 1. The van der Waals surface area contributed by atoms with Crippen LogP contribution in [0.3, 0.4) is 0 Å². The van der Waals surface area contributed by atoms with Gasteiger partial charge in [-0.2, -0.15) is 5.10 Å². The number of hydrogen-bond acceptors (Lipinski definition) is 3. The van der Waals surface area contributed by atoms with Crippen molar-refractivity contribution in [2.45, 2.75) is 45.4 Å². The van der Waals surface area contributed by atoms with Crippen molar-refractivity contribution in [3.63, 3.8) is 0 Å². The molecule has 1 aromatic carbocycles. The van der Waals surface area contributed by atoms with E-state index in [0.717, 1.165) is 55.7 Å². The average Bonchev–Trinajstić information content (AvgIpc) is 3.31. The summed E-state index contributed by atoms with van der Waals surface area (Å²) in [6.07, 6.45) is 5.15. The quantitative estimate of drug-likeness (QED) is 0.842. The molecule has 0 saturated carbocycles. The first-order chi connectivity index (χ1) is 14.0. The third-order valence-corrected chi connectivity index (χ3v) is 5.85.